The van der Waals surface area contributed by atoms with Gasteiger partial charge < -0.3 is 9.08 Å². The maximum atomic E-state index is 5.07. The number of hydrogen-bond acceptors (Lipinski definition) is 3. The lowest BCUT2D eigenvalue weighted by atomic mass is 10.1. The Hall–Kier alpha value is -0.200. The van der Waals surface area contributed by atoms with Gasteiger partial charge >= 0.3 is 0 Å². The second-order valence-electron chi connectivity index (χ2n) is 3.68. The van der Waals surface area contributed by atoms with E-state index < -0.39 is 0 Å². The second-order valence-corrected chi connectivity index (χ2v) is 6.18. The molecular formula is C14H20INOS. The zero-order valence-corrected chi connectivity index (χ0v) is 14.1. The normalized spacial score (nSPS) is 12.8. The summed E-state index contributed by atoms with van der Waals surface area (Å²) in [6.45, 7) is 6.34. The number of anilines is 1. The van der Waals surface area contributed by atoms with Gasteiger partial charge in [-0.05, 0) is 29.0 Å². The van der Waals surface area contributed by atoms with Crippen molar-refractivity contribution in [3.8, 4) is 0 Å². The van der Waals surface area contributed by atoms with Crippen LogP contribution in [0.1, 0.15) is 19.4 Å². The van der Waals surface area contributed by atoms with Crippen molar-refractivity contribution in [1.82, 2.24) is 0 Å². The van der Waals surface area contributed by atoms with E-state index in [2.05, 4.69) is 71.7 Å². The van der Waals surface area contributed by atoms with Crippen molar-refractivity contribution in [2.45, 2.75) is 18.7 Å². The van der Waals surface area contributed by atoms with Gasteiger partial charge in [-0.1, -0.05) is 47.7 Å². The van der Waals surface area contributed by atoms with Crippen molar-refractivity contribution in [2.24, 2.45) is 0 Å². The van der Waals surface area contributed by atoms with Crippen molar-refractivity contribution in [3.05, 3.63) is 29.8 Å². The van der Waals surface area contributed by atoms with Gasteiger partial charge in [-0.3, -0.25) is 0 Å². The van der Waals surface area contributed by atoms with Gasteiger partial charge in [-0.25, -0.2) is 0 Å². The van der Waals surface area contributed by atoms with E-state index in [1.165, 1.54) is 27.7 Å². The van der Waals surface area contributed by atoms with Crippen molar-refractivity contribution >= 4 is 46.4 Å². The average Bonchev–Trinajstić information content (AvgIpc) is 2.39. The molecule has 1 aliphatic rings. The van der Waals surface area contributed by atoms with E-state index in [9.17, 15) is 0 Å². The van der Waals surface area contributed by atoms with Gasteiger partial charge in [0.15, 0.2) is 0 Å². The highest BCUT2D eigenvalue weighted by atomic mass is 127. The van der Waals surface area contributed by atoms with E-state index >= 15 is 0 Å². The summed E-state index contributed by atoms with van der Waals surface area (Å²) in [5.41, 5.74) is 2.60. The number of alkyl halides is 1. The fourth-order valence-electron chi connectivity index (χ4n) is 1.79. The number of benzene rings is 1. The summed E-state index contributed by atoms with van der Waals surface area (Å²) in [6, 6.07) is 6.43. The first kappa shape index (κ1) is 15.9. The Labute approximate surface area is 128 Å². The van der Waals surface area contributed by atoms with E-state index in [1.54, 1.807) is 7.11 Å². The molecule has 0 aliphatic carbocycles. The van der Waals surface area contributed by atoms with E-state index in [4.69, 9.17) is 4.18 Å². The molecule has 0 saturated carbocycles. The van der Waals surface area contributed by atoms with Gasteiger partial charge in [-0.15, -0.1) is 0 Å². The Balaban J connectivity index is 0.000000492. The fraction of sp³-hybridized carbons (Fsp3) is 0.429. The first-order valence-corrected chi connectivity index (χ1v) is 8.35. The molecule has 100 valence electrons. The molecule has 0 unspecified atom stereocenters. The van der Waals surface area contributed by atoms with Gasteiger partial charge in [0.2, 0.25) is 0 Å². The molecule has 0 atom stereocenters. The predicted octanol–water partition coefficient (Wildman–Crippen LogP) is 4.63. The highest BCUT2D eigenvalue weighted by Gasteiger charge is 2.11. The summed E-state index contributed by atoms with van der Waals surface area (Å²) in [5.74, 6) is 0. The van der Waals surface area contributed by atoms with Crippen LogP contribution in [0.15, 0.2) is 29.2 Å². The Bertz CT molecular complexity index is 395. The minimum atomic E-state index is 1.00. The summed E-state index contributed by atoms with van der Waals surface area (Å²) < 4.78 is 6.29. The summed E-state index contributed by atoms with van der Waals surface area (Å²) in [5, 5.41) is 0. The zero-order chi connectivity index (χ0) is 13.4. The molecule has 0 amide bonds. The molecule has 1 aromatic carbocycles. The smallest absolute Gasteiger partial charge is 0.0508 e. The summed E-state index contributed by atoms with van der Waals surface area (Å²) >= 11 is 3.70. The number of fused-ring (bicyclic) bond motifs is 1. The largest absolute Gasteiger partial charge is 0.368 e. The quantitative estimate of drug-likeness (QED) is 0.433. The van der Waals surface area contributed by atoms with Crippen LogP contribution in [0.5, 0.6) is 0 Å². The molecule has 18 heavy (non-hydrogen) atoms. The van der Waals surface area contributed by atoms with Crippen LogP contribution < -0.4 is 4.90 Å². The molecule has 4 heteroatoms. The van der Waals surface area contributed by atoms with Crippen molar-refractivity contribution in [2.75, 3.05) is 29.5 Å². The Morgan fingerprint density at radius 1 is 1.39 bits per heavy atom. The Morgan fingerprint density at radius 2 is 2.11 bits per heavy atom. The van der Waals surface area contributed by atoms with Gasteiger partial charge in [0.25, 0.3) is 0 Å². The van der Waals surface area contributed by atoms with Crippen LogP contribution in [0.3, 0.4) is 0 Å². The minimum absolute atomic E-state index is 1.00. The SMILES string of the molecule is CCI.CCN1CC=Cc2ccc(SOC)cc21. The third-order valence-electron chi connectivity index (χ3n) is 2.53. The van der Waals surface area contributed by atoms with Crippen molar-refractivity contribution in [1.29, 1.82) is 0 Å². The molecule has 1 heterocycles. The van der Waals surface area contributed by atoms with Crippen molar-refractivity contribution in [3.63, 3.8) is 0 Å². The van der Waals surface area contributed by atoms with Crippen LogP contribution in [-0.4, -0.2) is 24.6 Å². The monoisotopic (exact) mass is 377 g/mol. The van der Waals surface area contributed by atoms with Crippen LogP contribution in [0, 0.1) is 0 Å². The predicted molar refractivity (Wildman–Crippen MR) is 90.8 cm³/mol. The summed E-state index contributed by atoms with van der Waals surface area (Å²) in [6.07, 6.45) is 4.39. The zero-order valence-electron chi connectivity index (χ0n) is 11.1. The van der Waals surface area contributed by atoms with Crippen LogP contribution in [0.2, 0.25) is 0 Å². The lowest BCUT2D eigenvalue weighted by Gasteiger charge is -2.27. The van der Waals surface area contributed by atoms with Crippen LogP contribution >= 0.6 is 34.6 Å². The minimum Gasteiger partial charge on any atom is -0.368 e. The molecule has 0 saturated heterocycles. The molecule has 2 nitrogen and oxygen atoms in total. The number of rotatable bonds is 3. The van der Waals surface area contributed by atoms with E-state index in [0.29, 0.717) is 0 Å². The number of hydrogen-bond donors (Lipinski definition) is 0. The molecule has 0 N–H and O–H groups in total. The number of likely N-dealkylation sites (N-methyl/N-ethyl adjacent to an activating group) is 1. The van der Waals surface area contributed by atoms with Crippen LogP contribution in [0.25, 0.3) is 6.08 Å². The molecule has 0 radical (unpaired) electrons. The molecule has 0 fully saturated rings. The van der Waals surface area contributed by atoms with Gasteiger partial charge in [-0.2, -0.15) is 0 Å². The average molecular weight is 377 g/mol. The molecule has 0 bridgehead atoms. The third-order valence-corrected chi connectivity index (χ3v) is 3.14. The molecule has 2 rings (SSSR count). The van der Waals surface area contributed by atoms with Gasteiger partial charge in [0.1, 0.15) is 0 Å². The molecule has 0 aromatic heterocycles. The summed E-state index contributed by atoms with van der Waals surface area (Å²) in [4.78, 5) is 3.51. The van der Waals surface area contributed by atoms with Gasteiger partial charge in [0.05, 0.1) is 7.11 Å². The van der Waals surface area contributed by atoms with Crippen LogP contribution in [0.4, 0.5) is 5.69 Å². The van der Waals surface area contributed by atoms with Crippen LogP contribution in [-0.2, 0) is 4.18 Å². The Kier molecular flexibility index (Phi) is 7.77. The number of nitrogens with zero attached hydrogens (tertiary/aromatic N) is 1. The van der Waals surface area contributed by atoms with Gasteiger partial charge in [0, 0.05) is 35.7 Å². The lowest BCUT2D eigenvalue weighted by molar-refractivity contribution is 0.490. The molecular weight excluding hydrogens is 357 g/mol. The Morgan fingerprint density at radius 3 is 2.72 bits per heavy atom. The van der Waals surface area contributed by atoms with E-state index in [1.807, 2.05) is 0 Å². The maximum Gasteiger partial charge on any atom is 0.0508 e. The maximum absolute atomic E-state index is 5.07. The first-order valence-electron chi connectivity index (χ1n) is 6.08. The molecule has 1 aromatic rings. The first-order chi connectivity index (χ1) is 8.76. The highest BCUT2D eigenvalue weighted by molar-refractivity contribution is 14.1. The number of halogens is 1. The highest BCUT2D eigenvalue weighted by Crippen LogP contribution is 2.30. The van der Waals surface area contributed by atoms with Crippen molar-refractivity contribution < 1.29 is 4.18 Å². The third kappa shape index (κ3) is 4.48. The fourth-order valence-corrected chi connectivity index (χ4v) is 2.27. The molecule has 1 aliphatic heterocycles. The molecule has 0 spiro atoms. The standard InChI is InChI=1S/C12H15NOS.C2H5I/c1-3-13-8-4-5-10-6-7-11(15-14-2)9-12(10)13;1-2-3/h4-7,9H,3,8H2,1-2H3;2H2,1H3. The second kappa shape index (κ2) is 8.82. The van der Waals surface area contributed by atoms with E-state index in [0.717, 1.165) is 18.0 Å². The topological polar surface area (TPSA) is 12.5 Å². The lowest BCUT2D eigenvalue weighted by Crippen LogP contribution is -2.25. The van der Waals surface area contributed by atoms with E-state index in [-0.39, 0.29) is 0 Å². The summed E-state index contributed by atoms with van der Waals surface area (Å²) in [7, 11) is 1.70.